The third-order valence-corrected chi connectivity index (χ3v) is 7.02. The van der Waals surface area contributed by atoms with Crippen molar-refractivity contribution in [2.75, 3.05) is 34.4 Å². The standard InChI is InChI=1S/C30H31N3O5/c1-36-25-18-21(19-26(37-2)27(25)38-3)28-31-23-14-8-7-13-22(23)29(34)33(28)24(17-20-11-5-4-6-12-20)30(35)32-15-9-10-16-32/h4-8,11-14,18-19,24H,9-10,15-17H2,1-3H3. The number of carbonyl (C=O) groups is 1. The summed E-state index contributed by atoms with van der Waals surface area (Å²) in [6.07, 6.45) is 2.26. The number of aromatic nitrogens is 2. The van der Waals surface area contributed by atoms with Gasteiger partial charge in [-0.25, -0.2) is 4.98 Å². The Labute approximate surface area is 221 Å². The van der Waals surface area contributed by atoms with E-state index in [4.69, 9.17) is 19.2 Å². The molecule has 0 aliphatic carbocycles. The smallest absolute Gasteiger partial charge is 0.262 e. The van der Waals surface area contributed by atoms with E-state index in [9.17, 15) is 9.59 Å². The fraction of sp³-hybridized carbons (Fsp3) is 0.300. The number of carbonyl (C=O) groups excluding carboxylic acids is 1. The number of ether oxygens (including phenoxy) is 3. The number of nitrogens with zero attached hydrogens (tertiary/aromatic N) is 3. The second-order valence-corrected chi connectivity index (χ2v) is 9.28. The molecule has 0 bridgehead atoms. The molecule has 38 heavy (non-hydrogen) atoms. The van der Waals surface area contributed by atoms with Crippen molar-refractivity contribution in [3.05, 3.63) is 82.6 Å². The Morgan fingerprint density at radius 1 is 0.895 bits per heavy atom. The predicted octanol–water partition coefficient (Wildman–Crippen LogP) is 4.50. The Bertz CT molecular complexity index is 1480. The highest BCUT2D eigenvalue weighted by molar-refractivity contribution is 5.85. The van der Waals surface area contributed by atoms with Gasteiger partial charge in [0, 0.05) is 25.1 Å². The van der Waals surface area contributed by atoms with Gasteiger partial charge in [0.05, 0.1) is 32.2 Å². The lowest BCUT2D eigenvalue weighted by Gasteiger charge is -2.27. The van der Waals surface area contributed by atoms with Gasteiger partial charge >= 0.3 is 0 Å². The Hall–Kier alpha value is -4.33. The molecule has 1 atom stereocenters. The molecule has 2 heterocycles. The van der Waals surface area contributed by atoms with Crippen molar-refractivity contribution in [3.8, 4) is 28.6 Å². The van der Waals surface area contributed by atoms with Gasteiger partial charge in [-0.15, -0.1) is 0 Å². The Kier molecular flexibility index (Phi) is 7.31. The van der Waals surface area contributed by atoms with Gasteiger partial charge in [0.25, 0.3) is 5.56 Å². The first-order valence-corrected chi connectivity index (χ1v) is 12.7. The topological polar surface area (TPSA) is 82.9 Å². The summed E-state index contributed by atoms with van der Waals surface area (Å²) < 4.78 is 18.2. The van der Waals surface area contributed by atoms with E-state index in [0.717, 1.165) is 18.4 Å². The van der Waals surface area contributed by atoms with Crippen LogP contribution in [0.4, 0.5) is 0 Å². The Morgan fingerprint density at radius 2 is 1.53 bits per heavy atom. The highest BCUT2D eigenvalue weighted by Crippen LogP contribution is 2.41. The molecule has 1 unspecified atom stereocenters. The third-order valence-electron chi connectivity index (χ3n) is 7.02. The van der Waals surface area contributed by atoms with Crippen molar-refractivity contribution in [1.82, 2.24) is 14.5 Å². The molecule has 0 saturated carbocycles. The van der Waals surface area contributed by atoms with Gasteiger partial charge in [-0.1, -0.05) is 42.5 Å². The molecule has 1 amide bonds. The van der Waals surface area contributed by atoms with E-state index >= 15 is 0 Å². The summed E-state index contributed by atoms with van der Waals surface area (Å²) >= 11 is 0. The molecule has 3 aromatic carbocycles. The van der Waals surface area contributed by atoms with Crippen LogP contribution in [0.5, 0.6) is 17.2 Å². The number of methoxy groups -OCH3 is 3. The number of hydrogen-bond donors (Lipinski definition) is 0. The van der Waals surface area contributed by atoms with Crippen LogP contribution < -0.4 is 19.8 Å². The molecule has 1 fully saturated rings. The molecule has 8 heteroatoms. The molecule has 0 radical (unpaired) electrons. The zero-order chi connectivity index (χ0) is 26.6. The first-order valence-electron chi connectivity index (χ1n) is 12.7. The summed E-state index contributed by atoms with van der Waals surface area (Å²) in [7, 11) is 4.61. The monoisotopic (exact) mass is 513 g/mol. The number of para-hydroxylation sites is 1. The Morgan fingerprint density at radius 3 is 2.16 bits per heavy atom. The van der Waals surface area contributed by atoms with Crippen LogP contribution in [-0.4, -0.2) is 54.8 Å². The molecule has 1 saturated heterocycles. The average Bonchev–Trinajstić information content (AvgIpc) is 3.51. The van der Waals surface area contributed by atoms with Crippen molar-refractivity contribution in [2.24, 2.45) is 0 Å². The highest BCUT2D eigenvalue weighted by atomic mass is 16.5. The molecule has 5 rings (SSSR count). The number of amides is 1. The minimum Gasteiger partial charge on any atom is -0.493 e. The highest BCUT2D eigenvalue weighted by Gasteiger charge is 2.32. The normalized spacial score (nSPS) is 13.9. The average molecular weight is 514 g/mol. The quantitative estimate of drug-likeness (QED) is 0.345. The Balaban J connectivity index is 1.79. The molecule has 8 nitrogen and oxygen atoms in total. The predicted molar refractivity (Wildman–Crippen MR) is 146 cm³/mol. The fourth-order valence-corrected chi connectivity index (χ4v) is 5.12. The summed E-state index contributed by atoms with van der Waals surface area (Å²) in [5, 5.41) is 0.455. The van der Waals surface area contributed by atoms with Gasteiger partial charge in [0.2, 0.25) is 11.7 Å². The van der Waals surface area contributed by atoms with Crippen LogP contribution in [0, 0.1) is 0 Å². The molecule has 0 spiro atoms. The van der Waals surface area contributed by atoms with Crippen LogP contribution in [-0.2, 0) is 11.2 Å². The molecule has 1 aliphatic rings. The SMILES string of the molecule is COc1cc(-c2nc3ccccc3c(=O)n2C(Cc2ccccc2)C(=O)N2CCCC2)cc(OC)c1OC. The second kappa shape index (κ2) is 11.0. The molecule has 1 aliphatic heterocycles. The lowest BCUT2D eigenvalue weighted by molar-refractivity contribution is -0.133. The molecular weight excluding hydrogens is 482 g/mol. The largest absolute Gasteiger partial charge is 0.493 e. The zero-order valence-corrected chi connectivity index (χ0v) is 21.8. The number of benzene rings is 3. The summed E-state index contributed by atoms with van der Waals surface area (Å²) in [5.74, 6) is 1.57. The fourth-order valence-electron chi connectivity index (χ4n) is 5.12. The van der Waals surface area contributed by atoms with E-state index in [2.05, 4.69) is 0 Å². The van der Waals surface area contributed by atoms with Crippen LogP contribution in [0.1, 0.15) is 24.4 Å². The zero-order valence-electron chi connectivity index (χ0n) is 21.8. The van der Waals surface area contributed by atoms with Crippen LogP contribution >= 0.6 is 0 Å². The van der Waals surface area contributed by atoms with Crippen molar-refractivity contribution >= 4 is 16.8 Å². The van der Waals surface area contributed by atoms with Crippen LogP contribution in [0.2, 0.25) is 0 Å². The van der Waals surface area contributed by atoms with E-state index < -0.39 is 6.04 Å². The maximum atomic E-state index is 14.2. The van der Waals surface area contributed by atoms with Crippen molar-refractivity contribution in [1.29, 1.82) is 0 Å². The van der Waals surface area contributed by atoms with Crippen molar-refractivity contribution < 1.29 is 19.0 Å². The van der Waals surface area contributed by atoms with E-state index in [1.165, 1.54) is 21.3 Å². The molecule has 196 valence electrons. The first-order chi connectivity index (χ1) is 18.5. The van der Waals surface area contributed by atoms with E-state index in [0.29, 0.717) is 59.0 Å². The van der Waals surface area contributed by atoms with Gasteiger partial charge in [0.1, 0.15) is 11.9 Å². The van der Waals surface area contributed by atoms with Crippen LogP contribution in [0.25, 0.3) is 22.3 Å². The summed E-state index contributed by atoms with van der Waals surface area (Å²) in [4.78, 5) is 35.0. The minimum atomic E-state index is -0.783. The first kappa shape index (κ1) is 25.3. The minimum absolute atomic E-state index is 0.0841. The number of fused-ring (bicyclic) bond motifs is 1. The van der Waals surface area contributed by atoms with Crippen molar-refractivity contribution in [2.45, 2.75) is 25.3 Å². The second-order valence-electron chi connectivity index (χ2n) is 9.28. The van der Waals surface area contributed by atoms with E-state index in [1.807, 2.05) is 47.4 Å². The maximum Gasteiger partial charge on any atom is 0.262 e. The summed E-state index contributed by atoms with van der Waals surface area (Å²) in [6.45, 7) is 1.36. The lowest BCUT2D eigenvalue weighted by Crippen LogP contribution is -2.41. The van der Waals surface area contributed by atoms with Gasteiger partial charge in [-0.05, 0) is 42.7 Å². The van der Waals surface area contributed by atoms with E-state index in [-0.39, 0.29) is 11.5 Å². The van der Waals surface area contributed by atoms with Gasteiger partial charge in [-0.3, -0.25) is 14.2 Å². The van der Waals surface area contributed by atoms with Gasteiger partial charge in [-0.2, -0.15) is 0 Å². The number of likely N-dealkylation sites (tertiary alicyclic amines) is 1. The summed E-state index contributed by atoms with van der Waals surface area (Å²) in [5.41, 5.74) is 1.81. The summed E-state index contributed by atoms with van der Waals surface area (Å²) in [6, 6.07) is 19.7. The molecule has 1 aromatic heterocycles. The number of rotatable bonds is 8. The maximum absolute atomic E-state index is 14.2. The molecular formula is C30H31N3O5. The number of hydrogen-bond acceptors (Lipinski definition) is 6. The van der Waals surface area contributed by atoms with Crippen LogP contribution in [0.3, 0.4) is 0 Å². The third kappa shape index (κ3) is 4.69. The molecule has 4 aromatic rings. The van der Waals surface area contributed by atoms with Crippen LogP contribution in [0.15, 0.2) is 71.5 Å². The lowest BCUT2D eigenvalue weighted by atomic mass is 10.0. The molecule has 0 N–H and O–H groups in total. The van der Waals surface area contributed by atoms with E-state index in [1.54, 1.807) is 28.8 Å². The van der Waals surface area contributed by atoms with Gasteiger partial charge in [0.15, 0.2) is 11.5 Å². The van der Waals surface area contributed by atoms with Crippen molar-refractivity contribution in [3.63, 3.8) is 0 Å². The van der Waals surface area contributed by atoms with Gasteiger partial charge < -0.3 is 19.1 Å².